The molecule has 0 spiro atoms. The summed E-state index contributed by atoms with van der Waals surface area (Å²) in [5.41, 5.74) is 6.55. The van der Waals surface area contributed by atoms with E-state index in [4.69, 9.17) is 10.5 Å². The van der Waals surface area contributed by atoms with Gasteiger partial charge in [0.05, 0.1) is 4.90 Å². The van der Waals surface area contributed by atoms with E-state index in [1.54, 1.807) is 51.1 Å². The Kier molecular flexibility index (Phi) is 8.52. The van der Waals surface area contributed by atoms with Crippen molar-refractivity contribution in [2.75, 3.05) is 24.5 Å². The summed E-state index contributed by atoms with van der Waals surface area (Å²) < 4.78 is 33.3. The van der Waals surface area contributed by atoms with Gasteiger partial charge in [-0.05, 0) is 70.0 Å². The van der Waals surface area contributed by atoms with Gasteiger partial charge in [0.1, 0.15) is 11.6 Å². The van der Waals surface area contributed by atoms with E-state index in [2.05, 4.69) is 14.9 Å². The lowest BCUT2D eigenvalue weighted by Gasteiger charge is -2.32. The summed E-state index contributed by atoms with van der Waals surface area (Å²) in [6.45, 7) is 6.51. The molecule has 1 heterocycles. The van der Waals surface area contributed by atoms with Crippen LogP contribution in [0.4, 0.5) is 5.69 Å². The minimum Gasteiger partial charge on any atom is -0.459 e. The van der Waals surface area contributed by atoms with E-state index in [0.29, 0.717) is 5.56 Å². The smallest absolute Gasteiger partial charge is 0.326 e. The van der Waals surface area contributed by atoms with Crippen LogP contribution in [0, 0.1) is 0 Å². The largest absolute Gasteiger partial charge is 0.459 e. The van der Waals surface area contributed by atoms with E-state index < -0.39 is 33.5 Å². The fraction of sp³-hybridized carbons (Fsp3) is 0.440. The fourth-order valence-corrected chi connectivity index (χ4v) is 4.88. The average molecular weight is 503 g/mol. The summed E-state index contributed by atoms with van der Waals surface area (Å²) in [7, 11) is -4.01. The SMILES string of the molecule is CC(C)(C)OC(=O)[C@H](CNC(=O)c1ccc(N2CCC(N)CC2)cc1)NS(=O)(=O)c1ccccc1. The first-order valence-electron chi connectivity index (χ1n) is 11.6. The molecule has 2 aromatic carbocycles. The van der Waals surface area contributed by atoms with Crippen molar-refractivity contribution in [2.24, 2.45) is 5.73 Å². The Morgan fingerprint density at radius 2 is 1.66 bits per heavy atom. The number of hydrogen-bond acceptors (Lipinski definition) is 7. The van der Waals surface area contributed by atoms with Gasteiger partial charge >= 0.3 is 5.97 Å². The molecule has 9 nitrogen and oxygen atoms in total. The second-order valence-electron chi connectivity index (χ2n) is 9.60. The van der Waals surface area contributed by atoms with Gasteiger partial charge in [-0.2, -0.15) is 4.72 Å². The van der Waals surface area contributed by atoms with Gasteiger partial charge in [-0.15, -0.1) is 0 Å². The number of nitrogens with one attached hydrogen (secondary N) is 2. The van der Waals surface area contributed by atoms with Gasteiger partial charge in [0, 0.05) is 36.9 Å². The molecule has 1 aliphatic rings. The molecule has 1 aliphatic heterocycles. The number of nitrogens with zero attached hydrogens (tertiary/aromatic N) is 1. The molecule has 0 saturated carbocycles. The van der Waals surface area contributed by atoms with Gasteiger partial charge in [0.2, 0.25) is 10.0 Å². The monoisotopic (exact) mass is 502 g/mol. The maximum Gasteiger partial charge on any atom is 0.326 e. The van der Waals surface area contributed by atoms with E-state index in [-0.39, 0.29) is 17.5 Å². The van der Waals surface area contributed by atoms with Crippen molar-refractivity contribution in [2.45, 2.75) is 56.2 Å². The van der Waals surface area contributed by atoms with Gasteiger partial charge in [-0.25, -0.2) is 8.42 Å². The minimum absolute atomic E-state index is 0.00847. The second-order valence-corrected chi connectivity index (χ2v) is 11.3. The molecule has 0 radical (unpaired) electrons. The van der Waals surface area contributed by atoms with E-state index >= 15 is 0 Å². The Hall–Kier alpha value is -2.95. The predicted octanol–water partition coefficient (Wildman–Crippen LogP) is 2.03. The Morgan fingerprint density at radius 3 is 2.23 bits per heavy atom. The van der Waals surface area contributed by atoms with Crippen molar-refractivity contribution >= 4 is 27.6 Å². The van der Waals surface area contributed by atoms with Crippen molar-refractivity contribution in [3.05, 3.63) is 60.2 Å². The van der Waals surface area contributed by atoms with Gasteiger partial charge in [-0.3, -0.25) is 9.59 Å². The fourth-order valence-electron chi connectivity index (χ4n) is 3.68. The second kappa shape index (κ2) is 11.2. The highest BCUT2D eigenvalue weighted by Gasteiger charge is 2.30. The molecule has 1 atom stereocenters. The van der Waals surface area contributed by atoms with E-state index in [1.165, 1.54) is 12.1 Å². The van der Waals surface area contributed by atoms with Crippen LogP contribution in [-0.4, -0.2) is 57.6 Å². The van der Waals surface area contributed by atoms with Gasteiger partial charge in [0.25, 0.3) is 5.91 Å². The third kappa shape index (κ3) is 7.78. The molecule has 0 aromatic heterocycles. The van der Waals surface area contributed by atoms with Crippen molar-refractivity contribution in [1.82, 2.24) is 10.0 Å². The Bertz CT molecular complexity index is 1110. The highest BCUT2D eigenvalue weighted by molar-refractivity contribution is 7.89. The number of anilines is 1. The molecule has 10 heteroatoms. The van der Waals surface area contributed by atoms with Crippen LogP contribution in [0.15, 0.2) is 59.5 Å². The van der Waals surface area contributed by atoms with E-state index in [0.717, 1.165) is 31.6 Å². The number of rotatable bonds is 8. The zero-order valence-electron chi connectivity index (χ0n) is 20.4. The van der Waals surface area contributed by atoms with Crippen LogP contribution in [0.1, 0.15) is 44.0 Å². The molecule has 190 valence electrons. The van der Waals surface area contributed by atoms with Crippen molar-refractivity contribution in [3.8, 4) is 0 Å². The number of hydrogen-bond donors (Lipinski definition) is 3. The molecule has 1 amide bonds. The number of esters is 1. The molecule has 1 saturated heterocycles. The summed E-state index contributed by atoms with van der Waals surface area (Å²) in [4.78, 5) is 27.7. The number of benzene rings is 2. The standard InChI is InChI=1S/C25H34N4O5S/c1-25(2,3)34-24(31)22(28-35(32,33)21-7-5-4-6-8-21)17-27-23(30)18-9-11-20(12-10-18)29-15-13-19(26)14-16-29/h4-12,19,22,28H,13-17,26H2,1-3H3,(H,27,30)/t22-/m0/s1. The van der Waals surface area contributed by atoms with Crippen LogP contribution in [0.2, 0.25) is 0 Å². The number of carbonyl (C=O) groups is 2. The molecular weight excluding hydrogens is 468 g/mol. The third-order valence-electron chi connectivity index (χ3n) is 5.54. The summed E-state index contributed by atoms with van der Waals surface area (Å²) in [6, 6.07) is 13.8. The lowest BCUT2D eigenvalue weighted by atomic mass is 10.0. The van der Waals surface area contributed by atoms with E-state index in [1.807, 2.05) is 12.1 Å². The predicted molar refractivity (Wildman–Crippen MR) is 135 cm³/mol. The van der Waals surface area contributed by atoms with Gasteiger partial charge < -0.3 is 20.7 Å². The molecule has 0 bridgehead atoms. The molecule has 0 unspecified atom stereocenters. The lowest BCUT2D eigenvalue weighted by Crippen LogP contribution is -2.50. The highest BCUT2D eigenvalue weighted by Crippen LogP contribution is 2.20. The first kappa shape index (κ1) is 26.7. The topological polar surface area (TPSA) is 131 Å². The van der Waals surface area contributed by atoms with Crippen LogP contribution in [0.25, 0.3) is 0 Å². The van der Waals surface area contributed by atoms with Crippen LogP contribution in [0.3, 0.4) is 0 Å². The van der Waals surface area contributed by atoms with E-state index in [9.17, 15) is 18.0 Å². The van der Waals surface area contributed by atoms with Crippen molar-refractivity contribution in [3.63, 3.8) is 0 Å². The molecule has 35 heavy (non-hydrogen) atoms. The zero-order valence-corrected chi connectivity index (χ0v) is 21.2. The lowest BCUT2D eigenvalue weighted by molar-refractivity contribution is -0.156. The van der Waals surface area contributed by atoms with Crippen molar-refractivity contribution < 1.29 is 22.7 Å². The van der Waals surface area contributed by atoms with Crippen LogP contribution in [-0.2, 0) is 19.6 Å². The number of piperidine rings is 1. The van der Waals surface area contributed by atoms with Gasteiger partial charge in [-0.1, -0.05) is 18.2 Å². The molecule has 4 N–H and O–H groups in total. The number of sulfonamides is 1. The molecule has 2 aromatic rings. The number of amides is 1. The minimum atomic E-state index is -4.01. The van der Waals surface area contributed by atoms with Crippen molar-refractivity contribution in [1.29, 1.82) is 0 Å². The normalized spacial score (nSPS) is 15.9. The Labute approximate surface area is 207 Å². The zero-order chi connectivity index (χ0) is 25.6. The summed E-state index contributed by atoms with van der Waals surface area (Å²) in [6.07, 6.45) is 1.85. The Balaban J connectivity index is 1.68. The Morgan fingerprint density at radius 1 is 1.06 bits per heavy atom. The molecule has 0 aliphatic carbocycles. The molecule has 1 fully saturated rings. The number of carbonyl (C=O) groups excluding carboxylic acids is 2. The number of ether oxygens (including phenoxy) is 1. The van der Waals surface area contributed by atoms with Crippen LogP contribution in [0.5, 0.6) is 0 Å². The number of nitrogens with two attached hydrogens (primary N) is 1. The summed E-state index contributed by atoms with van der Waals surface area (Å²) in [5, 5.41) is 2.65. The molecule has 3 rings (SSSR count). The third-order valence-corrected chi connectivity index (χ3v) is 7.03. The summed E-state index contributed by atoms with van der Waals surface area (Å²) in [5.74, 6) is -1.21. The quantitative estimate of drug-likeness (QED) is 0.471. The van der Waals surface area contributed by atoms with Crippen LogP contribution < -0.4 is 20.7 Å². The maximum atomic E-state index is 12.8. The van der Waals surface area contributed by atoms with Gasteiger partial charge in [0.15, 0.2) is 0 Å². The average Bonchev–Trinajstić information content (AvgIpc) is 2.81. The first-order chi connectivity index (χ1) is 16.4. The molecular formula is C25H34N4O5S. The summed E-state index contributed by atoms with van der Waals surface area (Å²) >= 11 is 0. The first-order valence-corrected chi connectivity index (χ1v) is 13.1. The maximum absolute atomic E-state index is 12.8. The van der Waals surface area contributed by atoms with Crippen LogP contribution >= 0.6 is 0 Å². The highest BCUT2D eigenvalue weighted by atomic mass is 32.2.